The molecule has 1 aliphatic carbocycles. The molecule has 0 radical (unpaired) electrons. The van der Waals surface area contributed by atoms with E-state index in [9.17, 15) is 9.59 Å². The molecule has 0 heterocycles. The Morgan fingerprint density at radius 1 is 1.42 bits per heavy atom. The highest BCUT2D eigenvalue weighted by molar-refractivity contribution is 6.01. The lowest BCUT2D eigenvalue weighted by molar-refractivity contribution is -0.140. The summed E-state index contributed by atoms with van der Waals surface area (Å²) in [6.45, 7) is 0. The zero-order valence-corrected chi connectivity index (χ0v) is 7.67. The first-order valence-corrected chi connectivity index (χ1v) is 4.37. The van der Waals surface area contributed by atoms with Crippen LogP contribution in [0.3, 0.4) is 0 Å². The third-order valence-electron chi connectivity index (χ3n) is 2.29. The third-order valence-corrected chi connectivity index (χ3v) is 2.29. The summed E-state index contributed by atoms with van der Waals surface area (Å²) >= 11 is 0. The molecular formula is C9H15NO2. The van der Waals surface area contributed by atoms with Crippen LogP contribution in [-0.2, 0) is 9.59 Å². The van der Waals surface area contributed by atoms with Crippen molar-refractivity contribution in [3.63, 3.8) is 0 Å². The fourth-order valence-corrected chi connectivity index (χ4v) is 1.56. The van der Waals surface area contributed by atoms with Gasteiger partial charge in [0.25, 0.3) is 0 Å². The van der Waals surface area contributed by atoms with E-state index in [0.717, 1.165) is 19.3 Å². The number of rotatable bonds is 1. The topological polar surface area (TPSA) is 37.4 Å². The van der Waals surface area contributed by atoms with E-state index in [1.165, 1.54) is 4.90 Å². The zero-order chi connectivity index (χ0) is 9.14. The van der Waals surface area contributed by atoms with Crippen molar-refractivity contribution < 1.29 is 9.59 Å². The summed E-state index contributed by atoms with van der Waals surface area (Å²) in [6, 6.07) is 0. The number of ketones is 1. The van der Waals surface area contributed by atoms with Crippen molar-refractivity contribution >= 4 is 11.7 Å². The number of carbonyl (C=O) groups excluding carboxylic acids is 2. The largest absolute Gasteiger partial charge is 0.348 e. The third kappa shape index (κ3) is 1.84. The highest BCUT2D eigenvalue weighted by Crippen LogP contribution is 2.21. The van der Waals surface area contributed by atoms with Gasteiger partial charge in [0.2, 0.25) is 5.91 Å². The van der Waals surface area contributed by atoms with Gasteiger partial charge < -0.3 is 4.90 Å². The minimum absolute atomic E-state index is 0.0281. The molecule has 1 rings (SSSR count). The normalized spacial score (nSPS) is 23.8. The lowest BCUT2D eigenvalue weighted by Gasteiger charge is -2.22. The maximum absolute atomic E-state index is 11.4. The molecule has 0 spiro atoms. The molecule has 12 heavy (non-hydrogen) atoms. The molecule has 0 unspecified atom stereocenters. The van der Waals surface area contributed by atoms with Crippen molar-refractivity contribution in [2.75, 3.05) is 14.1 Å². The molecule has 0 aromatic rings. The standard InChI is InChI=1S/C9H15NO2/c1-10(2)9(12)7-5-3-4-6-8(7)11/h7H,3-6H2,1-2H3/t7-/m1/s1. The number of carbonyl (C=O) groups is 2. The van der Waals surface area contributed by atoms with Crippen LogP contribution >= 0.6 is 0 Å². The van der Waals surface area contributed by atoms with Gasteiger partial charge in [-0.05, 0) is 12.8 Å². The van der Waals surface area contributed by atoms with E-state index in [2.05, 4.69) is 0 Å². The zero-order valence-electron chi connectivity index (χ0n) is 7.67. The number of hydrogen-bond acceptors (Lipinski definition) is 2. The number of Topliss-reactive ketones (excluding diaryl/α,β-unsaturated/α-hetero) is 1. The molecule has 1 atom stereocenters. The van der Waals surface area contributed by atoms with Crippen LogP contribution in [0, 0.1) is 5.92 Å². The van der Waals surface area contributed by atoms with Crippen LogP contribution in [0.25, 0.3) is 0 Å². The molecule has 0 aromatic heterocycles. The molecule has 0 saturated heterocycles. The van der Waals surface area contributed by atoms with E-state index in [0.29, 0.717) is 6.42 Å². The van der Waals surface area contributed by atoms with Crippen LogP contribution < -0.4 is 0 Å². The van der Waals surface area contributed by atoms with Crippen LogP contribution in [-0.4, -0.2) is 30.7 Å². The summed E-state index contributed by atoms with van der Waals surface area (Å²) in [5.74, 6) is -0.242. The summed E-state index contributed by atoms with van der Waals surface area (Å²) in [5.41, 5.74) is 0. The van der Waals surface area contributed by atoms with Crippen molar-refractivity contribution in [2.24, 2.45) is 5.92 Å². The second-order valence-electron chi connectivity index (χ2n) is 3.50. The lowest BCUT2D eigenvalue weighted by atomic mass is 9.87. The smallest absolute Gasteiger partial charge is 0.232 e. The summed E-state index contributed by atoms with van der Waals surface area (Å²) in [7, 11) is 3.40. The van der Waals surface area contributed by atoms with Gasteiger partial charge in [-0.15, -0.1) is 0 Å². The van der Waals surface area contributed by atoms with Gasteiger partial charge in [-0.2, -0.15) is 0 Å². The monoisotopic (exact) mass is 169 g/mol. The molecule has 0 N–H and O–H groups in total. The van der Waals surface area contributed by atoms with Crippen LogP contribution in [0.5, 0.6) is 0 Å². The van der Waals surface area contributed by atoms with E-state index in [-0.39, 0.29) is 17.6 Å². The van der Waals surface area contributed by atoms with E-state index >= 15 is 0 Å². The Bertz CT molecular complexity index is 199. The van der Waals surface area contributed by atoms with Crippen molar-refractivity contribution in [2.45, 2.75) is 25.7 Å². The second-order valence-corrected chi connectivity index (χ2v) is 3.50. The average molecular weight is 169 g/mol. The van der Waals surface area contributed by atoms with E-state index in [1.807, 2.05) is 0 Å². The first kappa shape index (κ1) is 9.23. The summed E-state index contributed by atoms with van der Waals surface area (Å²) in [5, 5.41) is 0. The van der Waals surface area contributed by atoms with Gasteiger partial charge in [0.05, 0.1) is 5.92 Å². The summed E-state index contributed by atoms with van der Waals surface area (Å²) in [4.78, 5) is 24.2. The second kappa shape index (κ2) is 3.70. The Kier molecular flexibility index (Phi) is 2.84. The van der Waals surface area contributed by atoms with Crippen molar-refractivity contribution in [1.29, 1.82) is 0 Å². The molecule has 1 fully saturated rings. The van der Waals surface area contributed by atoms with Gasteiger partial charge in [0, 0.05) is 20.5 Å². The number of hydrogen-bond donors (Lipinski definition) is 0. The van der Waals surface area contributed by atoms with Crippen molar-refractivity contribution in [3.8, 4) is 0 Å². The van der Waals surface area contributed by atoms with Crippen molar-refractivity contribution in [3.05, 3.63) is 0 Å². The quantitative estimate of drug-likeness (QED) is 0.545. The highest BCUT2D eigenvalue weighted by Gasteiger charge is 2.29. The molecule has 68 valence electrons. The molecule has 0 aromatic carbocycles. The summed E-state index contributed by atoms with van der Waals surface area (Å²) in [6.07, 6.45) is 3.30. The maximum Gasteiger partial charge on any atom is 0.232 e. The number of amides is 1. The average Bonchev–Trinajstić information content (AvgIpc) is 2.04. The van der Waals surface area contributed by atoms with Gasteiger partial charge in [-0.1, -0.05) is 6.42 Å². The van der Waals surface area contributed by atoms with E-state index in [1.54, 1.807) is 14.1 Å². The molecule has 0 aliphatic heterocycles. The predicted molar refractivity (Wildman–Crippen MR) is 45.7 cm³/mol. The van der Waals surface area contributed by atoms with Gasteiger partial charge >= 0.3 is 0 Å². The minimum Gasteiger partial charge on any atom is -0.348 e. The lowest BCUT2D eigenvalue weighted by Crippen LogP contribution is -2.36. The van der Waals surface area contributed by atoms with Crippen LogP contribution in [0.4, 0.5) is 0 Å². The Balaban J connectivity index is 2.60. The van der Waals surface area contributed by atoms with Crippen LogP contribution in [0.15, 0.2) is 0 Å². The Labute approximate surface area is 72.7 Å². The van der Waals surface area contributed by atoms with Gasteiger partial charge in [-0.25, -0.2) is 0 Å². The van der Waals surface area contributed by atoms with Crippen LogP contribution in [0.2, 0.25) is 0 Å². The molecule has 1 saturated carbocycles. The Morgan fingerprint density at radius 2 is 2.08 bits per heavy atom. The van der Waals surface area contributed by atoms with E-state index < -0.39 is 0 Å². The Hall–Kier alpha value is -0.860. The molecule has 1 amide bonds. The molecular weight excluding hydrogens is 154 g/mol. The predicted octanol–water partition coefficient (Wildman–Crippen LogP) is 0.834. The SMILES string of the molecule is CN(C)C(=O)[C@@H]1CCCCC1=O. The summed E-state index contributed by atoms with van der Waals surface area (Å²) < 4.78 is 0. The maximum atomic E-state index is 11.4. The highest BCUT2D eigenvalue weighted by atomic mass is 16.2. The number of nitrogens with zero attached hydrogens (tertiary/aromatic N) is 1. The Morgan fingerprint density at radius 3 is 2.58 bits per heavy atom. The molecule has 3 heteroatoms. The van der Waals surface area contributed by atoms with Crippen LogP contribution in [0.1, 0.15) is 25.7 Å². The fourth-order valence-electron chi connectivity index (χ4n) is 1.56. The van der Waals surface area contributed by atoms with Crippen molar-refractivity contribution in [1.82, 2.24) is 4.90 Å². The van der Waals surface area contributed by atoms with Gasteiger partial charge in [0.1, 0.15) is 5.78 Å². The molecule has 1 aliphatic rings. The van der Waals surface area contributed by atoms with Gasteiger partial charge in [-0.3, -0.25) is 9.59 Å². The minimum atomic E-state index is -0.339. The first-order chi connectivity index (χ1) is 5.63. The molecule has 3 nitrogen and oxygen atoms in total. The fraction of sp³-hybridized carbons (Fsp3) is 0.778. The molecule has 0 bridgehead atoms. The van der Waals surface area contributed by atoms with E-state index in [4.69, 9.17) is 0 Å². The first-order valence-electron chi connectivity index (χ1n) is 4.37. The van der Waals surface area contributed by atoms with Gasteiger partial charge in [0.15, 0.2) is 0 Å².